The number of halogens is 3. The van der Waals surface area contributed by atoms with Crippen LogP contribution in [0.25, 0.3) is 11.1 Å². The smallest absolute Gasteiger partial charge is 0.314 e. The van der Waals surface area contributed by atoms with E-state index in [0.717, 1.165) is 12.1 Å². The van der Waals surface area contributed by atoms with Crippen LogP contribution in [-0.2, 0) is 13.1 Å². The Bertz CT molecular complexity index is 1050. The van der Waals surface area contributed by atoms with Gasteiger partial charge in [0.15, 0.2) is 0 Å². The number of nitrogens with one attached hydrogen (secondary N) is 1. The summed E-state index contributed by atoms with van der Waals surface area (Å²) in [4.78, 5) is 17.7. The third-order valence-electron chi connectivity index (χ3n) is 4.70. The minimum absolute atomic E-state index is 0.173. The third-order valence-corrected chi connectivity index (χ3v) is 4.70. The van der Waals surface area contributed by atoms with Crippen molar-refractivity contribution in [2.24, 2.45) is 0 Å². The fraction of sp³-hybridized carbons (Fsp3) is 0.211. The first kappa shape index (κ1) is 18.0. The van der Waals surface area contributed by atoms with Crippen LogP contribution in [0.5, 0.6) is 0 Å². The number of carbonyl (C=O) groups is 1. The molecule has 28 heavy (non-hydrogen) atoms. The van der Waals surface area contributed by atoms with Gasteiger partial charge in [0.05, 0.1) is 31.0 Å². The van der Waals surface area contributed by atoms with Crippen LogP contribution in [0.15, 0.2) is 42.7 Å². The van der Waals surface area contributed by atoms with Crippen molar-refractivity contribution < 1.29 is 18.0 Å². The van der Waals surface area contributed by atoms with Crippen LogP contribution in [0.3, 0.4) is 0 Å². The van der Waals surface area contributed by atoms with Crippen LogP contribution in [0, 0.1) is 17.6 Å². The van der Waals surface area contributed by atoms with E-state index >= 15 is 0 Å². The van der Waals surface area contributed by atoms with Crippen molar-refractivity contribution in [2.45, 2.75) is 26.1 Å². The van der Waals surface area contributed by atoms with E-state index in [2.05, 4.69) is 15.4 Å². The van der Waals surface area contributed by atoms with Gasteiger partial charge < -0.3 is 10.2 Å². The van der Waals surface area contributed by atoms with Crippen molar-refractivity contribution >= 4 is 11.7 Å². The van der Waals surface area contributed by atoms with Crippen molar-refractivity contribution in [3.8, 4) is 11.1 Å². The molecule has 0 fully saturated rings. The summed E-state index contributed by atoms with van der Waals surface area (Å²) in [5.41, 5.74) is 1.64. The summed E-state index contributed by atoms with van der Waals surface area (Å²) in [6.07, 6.45) is 2.77. The average molecular weight is 387 g/mol. The fourth-order valence-electron chi connectivity index (χ4n) is 3.28. The van der Waals surface area contributed by atoms with E-state index in [0.29, 0.717) is 17.8 Å². The normalized spacial score (nSPS) is 16.0. The molecular weight excluding hydrogens is 371 g/mol. The number of nitrogens with zero attached hydrogens (tertiary/aromatic N) is 4. The molecule has 1 aromatic carbocycles. The van der Waals surface area contributed by atoms with Crippen LogP contribution in [0.2, 0.25) is 0 Å². The Kier molecular flexibility index (Phi) is 4.50. The second-order valence-electron chi connectivity index (χ2n) is 6.59. The molecule has 0 spiro atoms. The van der Waals surface area contributed by atoms with Crippen LogP contribution >= 0.6 is 0 Å². The lowest BCUT2D eigenvalue weighted by atomic mass is 10.0. The first-order valence-electron chi connectivity index (χ1n) is 8.61. The summed E-state index contributed by atoms with van der Waals surface area (Å²) in [5.74, 6) is -2.06. The second-order valence-corrected chi connectivity index (χ2v) is 6.59. The van der Waals surface area contributed by atoms with Gasteiger partial charge in [-0.3, -0.25) is 4.68 Å². The zero-order valence-electron chi connectivity index (χ0n) is 14.9. The molecule has 1 atom stereocenters. The number of hydrogen-bond donors (Lipinski definition) is 1. The highest BCUT2D eigenvalue weighted by atomic mass is 19.1. The summed E-state index contributed by atoms with van der Waals surface area (Å²) in [5, 5.41) is 6.91. The molecule has 2 amide bonds. The van der Waals surface area contributed by atoms with Gasteiger partial charge in [0.25, 0.3) is 0 Å². The summed E-state index contributed by atoms with van der Waals surface area (Å²) >= 11 is 0. The van der Waals surface area contributed by atoms with E-state index in [4.69, 9.17) is 0 Å². The van der Waals surface area contributed by atoms with Gasteiger partial charge >= 0.3 is 6.03 Å². The van der Waals surface area contributed by atoms with Gasteiger partial charge in [-0.1, -0.05) is 0 Å². The Hall–Kier alpha value is -3.36. The molecule has 1 N–H and O–H groups in total. The van der Waals surface area contributed by atoms with Crippen LogP contribution in [0.1, 0.15) is 12.6 Å². The van der Waals surface area contributed by atoms with Gasteiger partial charge in [0.1, 0.15) is 11.6 Å². The molecule has 3 aromatic rings. The number of anilines is 1. The molecule has 0 saturated heterocycles. The van der Waals surface area contributed by atoms with Gasteiger partial charge in [0, 0.05) is 35.1 Å². The predicted molar refractivity (Wildman–Crippen MR) is 95.8 cm³/mol. The van der Waals surface area contributed by atoms with E-state index in [1.807, 2.05) is 6.92 Å². The van der Waals surface area contributed by atoms with Gasteiger partial charge in [-0.25, -0.2) is 18.6 Å². The third kappa shape index (κ3) is 3.30. The highest BCUT2D eigenvalue weighted by Crippen LogP contribution is 2.31. The Morgan fingerprint density at radius 3 is 2.75 bits per heavy atom. The first-order chi connectivity index (χ1) is 13.4. The number of carbonyl (C=O) groups excluding carboxylic acids is 1. The Morgan fingerprint density at radius 2 is 2.00 bits per heavy atom. The highest BCUT2D eigenvalue weighted by molar-refractivity contribution is 5.89. The minimum atomic E-state index is -0.698. The van der Waals surface area contributed by atoms with Gasteiger partial charge in [0.2, 0.25) is 5.95 Å². The number of amides is 2. The monoisotopic (exact) mass is 387 g/mol. The maximum atomic E-state index is 14.2. The average Bonchev–Trinajstić information content (AvgIpc) is 3.03. The van der Waals surface area contributed by atoms with E-state index in [9.17, 15) is 18.0 Å². The quantitative estimate of drug-likeness (QED) is 0.681. The lowest BCUT2D eigenvalue weighted by molar-refractivity contribution is 0.162. The molecule has 0 saturated carbocycles. The number of fused-ring (bicyclic) bond motifs is 1. The topological polar surface area (TPSA) is 63.1 Å². The number of benzene rings is 1. The number of rotatable bonds is 2. The highest BCUT2D eigenvalue weighted by Gasteiger charge is 2.30. The second kappa shape index (κ2) is 6.99. The van der Waals surface area contributed by atoms with Gasteiger partial charge in [-0.2, -0.15) is 9.49 Å². The standard InChI is InChI=1S/C19H16F3N5O/c1-11-9-27-17(15(8-24-27)14-3-2-12(20)6-16(14)21)10-26(11)19(28)25-13-4-5-23-18(22)7-13/h2-8,11H,9-10H2,1H3,(H,23,25,28). The van der Waals surface area contributed by atoms with Crippen molar-refractivity contribution in [3.63, 3.8) is 0 Å². The van der Waals surface area contributed by atoms with Crippen LogP contribution < -0.4 is 5.32 Å². The SMILES string of the molecule is CC1Cn2ncc(-c3ccc(F)cc3F)c2CN1C(=O)Nc1ccnc(F)c1. The lowest BCUT2D eigenvalue weighted by Gasteiger charge is -2.34. The van der Waals surface area contributed by atoms with Crippen molar-refractivity contribution in [3.05, 3.63) is 66.0 Å². The molecule has 1 aliphatic heterocycles. The zero-order chi connectivity index (χ0) is 19.8. The molecule has 2 aromatic heterocycles. The molecule has 9 heteroatoms. The fourth-order valence-corrected chi connectivity index (χ4v) is 3.28. The van der Waals surface area contributed by atoms with E-state index < -0.39 is 23.6 Å². The molecule has 144 valence electrons. The molecule has 0 aliphatic carbocycles. The van der Waals surface area contributed by atoms with Crippen molar-refractivity contribution in [1.29, 1.82) is 0 Å². The number of pyridine rings is 1. The number of aromatic nitrogens is 3. The minimum Gasteiger partial charge on any atom is -0.314 e. The van der Waals surface area contributed by atoms with Crippen LogP contribution in [-0.4, -0.2) is 31.7 Å². The molecule has 1 unspecified atom stereocenters. The lowest BCUT2D eigenvalue weighted by Crippen LogP contribution is -2.47. The molecule has 1 aliphatic rings. The summed E-state index contributed by atoms with van der Waals surface area (Å²) < 4.78 is 42.4. The van der Waals surface area contributed by atoms with E-state index in [1.54, 1.807) is 9.58 Å². The van der Waals surface area contributed by atoms with E-state index in [-0.39, 0.29) is 23.8 Å². The predicted octanol–water partition coefficient (Wildman–Crippen LogP) is 3.80. The molecular formula is C19H16F3N5O. The molecule has 3 heterocycles. The molecule has 6 nitrogen and oxygen atoms in total. The Balaban J connectivity index is 1.62. The maximum Gasteiger partial charge on any atom is 0.322 e. The largest absolute Gasteiger partial charge is 0.322 e. The summed E-state index contributed by atoms with van der Waals surface area (Å²) in [6, 6.07) is 5.34. The van der Waals surface area contributed by atoms with Gasteiger partial charge in [-0.05, 0) is 25.1 Å². The van der Waals surface area contributed by atoms with E-state index in [1.165, 1.54) is 30.6 Å². The molecule has 4 rings (SSSR count). The number of urea groups is 1. The first-order valence-corrected chi connectivity index (χ1v) is 8.61. The Labute approximate surface area is 158 Å². The summed E-state index contributed by atoms with van der Waals surface area (Å²) in [7, 11) is 0. The zero-order valence-corrected chi connectivity index (χ0v) is 14.9. The van der Waals surface area contributed by atoms with Gasteiger partial charge in [-0.15, -0.1) is 0 Å². The van der Waals surface area contributed by atoms with Crippen LogP contribution in [0.4, 0.5) is 23.7 Å². The van der Waals surface area contributed by atoms with Crippen molar-refractivity contribution in [2.75, 3.05) is 5.32 Å². The molecule has 0 bridgehead atoms. The number of hydrogen-bond acceptors (Lipinski definition) is 3. The Morgan fingerprint density at radius 1 is 1.18 bits per heavy atom. The molecule has 0 radical (unpaired) electrons. The van der Waals surface area contributed by atoms with Crippen molar-refractivity contribution in [1.82, 2.24) is 19.7 Å². The maximum absolute atomic E-state index is 14.2. The summed E-state index contributed by atoms with van der Waals surface area (Å²) in [6.45, 7) is 2.44.